The zero-order valence-electron chi connectivity index (χ0n) is 29.8. The van der Waals surface area contributed by atoms with Gasteiger partial charge in [-0.25, -0.2) is 16.8 Å². The molecule has 0 bridgehead atoms. The standard InChI is InChI=1S/C37H52N4O8S2/c1-28(2)26-41(51(46,47)32-19-17-30(38)18-20-32)31(27-42)16-12-13-23-39-37(43)34(24-29-14-10-8-6-5-7-9-11-15-29)40-50(44,45)33-21-22-35(48-3)36(25-33)49-4/h5-8,11,14-15,17-22,25,28,31,34,40,42H,9-10,12-13,16,23-24,26-27,38H2,1-4H3,(H,39,43)/b7-5-,8-6-,15-11?,29-14?/t31-,34-/m0/s1. The molecule has 3 rings (SSSR count). The normalized spacial score (nSPS) is 16.3. The van der Waals surface area contributed by atoms with Crippen LogP contribution in [0.25, 0.3) is 0 Å². The predicted octanol–water partition coefficient (Wildman–Crippen LogP) is 4.71. The largest absolute Gasteiger partial charge is 0.493 e. The van der Waals surface area contributed by atoms with E-state index in [0.29, 0.717) is 43.5 Å². The summed E-state index contributed by atoms with van der Waals surface area (Å²) < 4.78 is 68.8. The van der Waals surface area contributed by atoms with Crippen LogP contribution in [0, 0.1) is 5.92 Å². The van der Waals surface area contributed by atoms with Crippen LogP contribution in [0.1, 0.15) is 52.4 Å². The Morgan fingerprint density at radius 3 is 2.24 bits per heavy atom. The van der Waals surface area contributed by atoms with E-state index in [1.807, 2.05) is 56.4 Å². The van der Waals surface area contributed by atoms with Gasteiger partial charge in [0.25, 0.3) is 0 Å². The van der Waals surface area contributed by atoms with Crippen LogP contribution in [0.3, 0.4) is 0 Å². The number of unbranched alkanes of at least 4 members (excludes halogenated alkanes) is 1. The number of amides is 1. The van der Waals surface area contributed by atoms with Crippen LogP contribution in [0.4, 0.5) is 5.69 Å². The molecule has 14 heteroatoms. The van der Waals surface area contributed by atoms with Gasteiger partial charge >= 0.3 is 0 Å². The molecule has 2 aromatic rings. The van der Waals surface area contributed by atoms with Crippen LogP contribution in [0.2, 0.25) is 0 Å². The minimum Gasteiger partial charge on any atom is -0.493 e. The van der Waals surface area contributed by atoms with Gasteiger partial charge in [-0.2, -0.15) is 9.03 Å². The fraction of sp³-hybridized carbons (Fsp3) is 0.432. The second kappa shape index (κ2) is 20.2. The molecular weight excluding hydrogens is 693 g/mol. The maximum absolute atomic E-state index is 13.6. The topological polar surface area (TPSA) is 177 Å². The number of ether oxygens (including phenoxy) is 2. The fourth-order valence-corrected chi connectivity index (χ4v) is 8.48. The van der Waals surface area contributed by atoms with Crippen molar-refractivity contribution >= 4 is 31.6 Å². The lowest BCUT2D eigenvalue weighted by molar-refractivity contribution is -0.122. The van der Waals surface area contributed by atoms with Crippen molar-refractivity contribution in [2.45, 2.75) is 74.2 Å². The summed E-state index contributed by atoms with van der Waals surface area (Å²) in [4.78, 5) is 13.6. The number of aliphatic hydroxyl groups is 1. The summed E-state index contributed by atoms with van der Waals surface area (Å²) in [6, 6.07) is 8.35. The van der Waals surface area contributed by atoms with Crippen LogP contribution in [0.5, 0.6) is 11.5 Å². The van der Waals surface area contributed by atoms with E-state index in [2.05, 4.69) is 10.0 Å². The number of hydrogen-bond donors (Lipinski definition) is 4. The Morgan fingerprint density at radius 1 is 0.922 bits per heavy atom. The molecule has 0 fully saturated rings. The molecule has 0 saturated carbocycles. The lowest BCUT2D eigenvalue weighted by atomic mass is 10.0. The van der Waals surface area contributed by atoms with Gasteiger partial charge in [-0.1, -0.05) is 62.8 Å². The van der Waals surface area contributed by atoms with E-state index in [9.17, 15) is 26.7 Å². The van der Waals surface area contributed by atoms with Gasteiger partial charge in [0.2, 0.25) is 26.0 Å². The summed E-state index contributed by atoms with van der Waals surface area (Å²) in [6.07, 6.45) is 16.4. The van der Waals surface area contributed by atoms with E-state index in [1.165, 1.54) is 61.0 Å². The van der Waals surface area contributed by atoms with Gasteiger partial charge in [0.05, 0.1) is 30.6 Å². The van der Waals surface area contributed by atoms with E-state index < -0.39 is 38.0 Å². The summed E-state index contributed by atoms with van der Waals surface area (Å²) >= 11 is 0. The molecular formula is C37H52N4O8S2. The third kappa shape index (κ3) is 12.6. The molecule has 51 heavy (non-hydrogen) atoms. The fourth-order valence-electron chi connectivity index (χ4n) is 5.46. The molecule has 280 valence electrons. The molecule has 12 nitrogen and oxygen atoms in total. The van der Waals surface area contributed by atoms with E-state index in [4.69, 9.17) is 15.2 Å². The Kier molecular flexibility index (Phi) is 16.4. The van der Waals surface area contributed by atoms with Gasteiger partial charge in [0.15, 0.2) is 11.5 Å². The lowest BCUT2D eigenvalue weighted by Crippen LogP contribution is -2.47. The molecule has 2 atom stereocenters. The smallest absolute Gasteiger partial charge is 0.243 e. The summed E-state index contributed by atoms with van der Waals surface area (Å²) in [6.45, 7) is 3.87. The first-order valence-electron chi connectivity index (χ1n) is 17.0. The van der Waals surface area contributed by atoms with E-state index in [0.717, 1.165) is 5.57 Å². The highest BCUT2D eigenvalue weighted by atomic mass is 32.2. The highest BCUT2D eigenvalue weighted by Gasteiger charge is 2.32. The van der Waals surface area contributed by atoms with Gasteiger partial charge in [0.1, 0.15) is 6.04 Å². The SMILES string of the molecule is COc1ccc(S(=O)(=O)N[C@@H](CC2=CC/C=C\C=C/CC=C2)C(=O)NCCCC[C@@H](CO)N(CC(C)C)S(=O)(=O)c2ccc(N)cc2)cc1OC. The summed E-state index contributed by atoms with van der Waals surface area (Å²) in [5, 5.41) is 13.1. The Morgan fingerprint density at radius 2 is 1.59 bits per heavy atom. The molecule has 0 radical (unpaired) electrons. The number of allylic oxidation sites excluding steroid dienone is 7. The molecule has 1 aliphatic carbocycles. The predicted molar refractivity (Wildman–Crippen MR) is 200 cm³/mol. The van der Waals surface area contributed by atoms with Crippen LogP contribution >= 0.6 is 0 Å². The Balaban J connectivity index is 1.74. The highest BCUT2D eigenvalue weighted by Crippen LogP contribution is 2.30. The maximum Gasteiger partial charge on any atom is 0.243 e. The number of benzene rings is 2. The van der Waals surface area contributed by atoms with Gasteiger partial charge in [0, 0.05) is 30.9 Å². The van der Waals surface area contributed by atoms with Crippen molar-refractivity contribution in [1.82, 2.24) is 14.3 Å². The number of rotatable bonds is 19. The minimum atomic E-state index is -4.17. The van der Waals surface area contributed by atoms with Crippen LogP contribution < -0.4 is 25.2 Å². The van der Waals surface area contributed by atoms with Crippen molar-refractivity contribution in [3.05, 3.63) is 90.6 Å². The zero-order chi connectivity index (χ0) is 37.4. The van der Waals surface area contributed by atoms with Crippen molar-refractivity contribution in [2.75, 3.05) is 39.6 Å². The Labute approximate surface area is 303 Å². The van der Waals surface area contributed by atoms with Crippen molar-refractivity contribution in [1.29, 1.82) is 0 Å². The first-order chi connectivity index (χ1) is 24.3. The third-order valence-electron chi connectivity index (χ3n) is 8.14. The van der Waals surface area contributed by atoms with Crippen molar-refractivity contribution in [3.8, 4) is 11.5 Å². The quantitative estimate of drug-likeness (QED) is 0.117. The third-order valence-corrected chi connectivity index (χ3v) is 11.5. The van der Waals surface area contributed by atoms with Crippen LogP contribution in [-0.2, 0) is 24.8 Å². The average Bonchev–Trinajstić information content (AvgIpc) is 3.10. The first kappa shape index (κ1) is 41.5. The van der Waals surface area contributed by atoms with Crippen LogP contribution in [-0.4, -0.2) is 78.2 Å². The number of nitrogens with two attached hydrogens (primary N) is 1. The number of aliphatic hydroxyl groups excluding tert-OH is 1. The second-order valence-electron chi connectivity index (χ2n) is 12.6. The van der Waals surface area contributed by atoms with E-state index >= 15 is 0 Å². The molecule has 0 saturated heterocycles. The summed E-state index contributed by atoms with van der Waals surface area (Å²) in [7, 11) is -5.23. The molecule has 0 aliphatic heterocycles. The number of methoxy groups -OCH3 is 2. The number of nitrogens with one attached hydrogen (secondary N) is 2. The molecule has 1 aliphatic rings. The Bertz CT molecular complexity index is 1770. The molecule has 0 aromatic heterocycles. The monoisotopic (exact) mass is 744 g/mol. The van der Waals surface area contributed by atoms with Gasteiger partial charge in [-0.15, -0.1) is 0 Å². The molecule has 5 N–H and O–H groups in total. The van der Waals surface area contributed by atoms with Crippen LogP contribution in [0.15, 0.2) is 100 Å². The highest BCUT2D eigenvalue weighted by molar-refractivity contribution is 7.89. The number of hydrogen-bond acceptors (Lipinski definition) is 9. The van der Waals surface area contributed by atoms with E-state index in [1.54, 1.807) is 0 Å². The molecule has 1 amide bonds. The number of sulfonamides is 2. The molecule has 0 spiro atoms. The van der Waals surface area contributed by atoms with Crippen molar-refractivity contribution in [3.63, 3.8) is 0 Å². The second-order valence-corrected chi connectivity index (χ2v) is 16.2. The Hall–Kier alpha value is -3.95. The number of carbonyl (C=O) groups excluding carboxylic acids is 1. The van der Waals surface area contributed by atoms with Crippen molar-refractivity contribution in [2.24, 2.45) is 5.92 Å². The molecule has 0 heterocycles. The number of carbonyl (C=O) groups is 1. The van der Waals surface area contributed by atoms with Gasteiger partial charge in [-0.3, -0.25) is 4.79 Å². The molecule has 2 aromatic carbocycles. The van der Waals surface area contributed by atoms with E-state index in [-0.39, 0.29) is 47.6 Å². The lowest BCUT2D eigenvalue weighted by Gasteiger charge is -2.31. The summed E-state index contributed by atoms with van der Waals surface area (Å²) in [5.41, 5.74) is 7.00. The maximum atomic E-state index is 13.6. The minimum absolute atomic E-state index is 0.00529. The number of nitrogen functional groups attached to an aromatic ring is 1. The average molecular weight is 745 g/mol. The van der Waals surface area contributed by atoms with Crippen molar-refractivity contribution < 1.29 is 36.2 Å². The van der Waals surface area contributed by atoms with Gasteiger partial charge < -0.3 is 25.6 Å². The molecule has 0 unspecified atom stereocenters. The van der Waals surface area contributed by atoms with Gasteiger partial charge in [-0.05, 0) is 80.0 Å². The summed E-state index contributed by atoms with van der Waals surface area (Å²) in [5.74, 6) is 0.0922. The first-order valence-corrected chi connectivity index (χ1v) is 19.9. The number of anilines is 1. The number of nitrogens with zero attached hydrogens (tertiary/aromatic N) is 1. The zero-order valence-corrected chi connectivity index (χ0v) is 31.5.